The molecule has 0 amide bonds. The number of nitrogens with one attached hydrogen (secondary N) is 1. The molecule has 1 aliphatic rings. The molecular formula is C15H14Br3NS. The van der Waals surface area contributed by atoms with Gasteiger partial charge in [-0.1, -0.05) is 28.1 Å². The van der Waals surface area contributed by atoms with E-state index in [9.17, 15) is 0 Å². The Morgan fingerprint density at radius 2 is 1.80 bits per heavy atom. The number of benzene rings is 1. The lowest BCUT2D eigenvalue weighted by atomic mass is 9.80. The fraction of sp³-hybridized carbons (Fsp3) is 0.333. The average molecular weight is 480 g/mol. The maximum atomic E-state index is 3.62. The second-order valence-corrected chi connectivity index (χ2v) is 9.20. The van der Waals surface area contributed by atoms with Crippen molar-refractivity contribution in [2.75, 3.05) is 13.1 Å². The van der Waals surface area contributed by atoms with Crippen LogP contribution in [-0.2, 0) is 0 Å². The minimum absolute atomic E-state index is 0.550. The van der Waals surface area contributed by atoms with Gasteiger partial charge in [-0.05, 0) is 68.6 Å². The van der Waals surface area contributed by atoms with Crippen LogP contribution < -0.4 is 5.32 Å². The molecule has 0 saturated carbocycles. The summed E-state index contributed by atoms with van der Waals surface area (Å²) in [4.78, 5) is 1.47. The van der Waals surface area contributed by atoms with Crippen molar-refractivity contribution < 1.29 is 0 Å². The molecule has 1 nitrogen and oxygen atoms in total. The van der Waals surface area contributed by atoms with Crippen molar-refractivity contribution in [1.82, 2.24) is 5.32 Å². The molecule has 1 aromatic carbocycles. The summed E-state index contributed by atoms with van der Waals surface area (Å²) < 4.78 is 3.51. The second-order valence-electron chi connectivity index (χ2n) is 5.03. The van der Waals surface area contributed by atoms with Crippen LogP contribution in [0.25, 0.3) is 0 Å². The van der Waals surface area contributed by atoms with Gasteiger partial charge in [0.05, 0.1) is 3.79 Å². The van der Waals surface area contributed by atoms with Crippen LogP contribution in [0.15, 0.2) is 43.1 Å². The highest BCUT2D eigenvalue weighted by molar-refractivity contribution is 9.13. The van der Waals surface area contributed by atoms with Crippen molar-refractivity contribution in [1.29, 1.82) is 0 Å². The van der Waals surface area contributed by atoms with E-state index < -0.39 is 0 Å². The molecule has 1 saturated heterocycles. The lowest BCUT2D eigenvalue weighted by Gasteiger charge is -2.32. The first-order valence-corrected chi connectivity index (χ1v) is 9.75. The zero-order chi connectivity index (χ0) is 14.1. The van der Waals surface area contributed by atoms with Gasteiger partial charge in [-0.15, -0.1) is 11.3 Å². The van der Waals surface area contributed by atoms with E-state index in [1.807, 2.05) is 11.3 Å². The van der Waals surface area contributed by atoms with Crippen molar-refractivity contribution >= 4 is 59.1 Å². The van der Waals surface area contributed by atoms with E-state index in [-0.39, 0.29) is 0 Å². The second kappa shape index (κ2) is 6.61. The van der Waals surface area contributed by atoms with Crippen molar-refractivity contribution in [3.8, 4) is 0 Å². The Bertz CT molecular complexity index is 574. The molecule has 0 spiro atoms. The number of halogens is 3. The molecule has 0 bridgehead atoms. The summed E-state index contributed by atoms with van der Waals surface area (Å²) in [7, 11) is 0. The lowest BCUT2D eigenvalue weighted by molar-refractivity contribution is 0.408. The number of rotatable bonds is 2. The van der Waals surface area contributed by atoms with E-state index in [1.165, 1.54) is 25.1 Å². The zero-order valence-electron chi connectivity index (χ0n) is 10.7. The SMILES string of the molecule is Brc1ccc(C2CNCCC2c2cc(Br)c(Br)s2)cc1. The van der Waals surface area contributed by atoms with E-state index in [0.717, 1.165) is 17.6 Å². The molecule has 106 valence electrons. The standard InChI is InChI=1S/C15H14Br3NS/c16-10-3-1-9(2-4-10)12-8-19-6-5-11(12)14-7-13(17)15(18)20-14/h1-4,7,11-12,19H,5-6,8H2. The molecule has 1 N–H and O–H groups in total. The Labute approximate surface area is 148 Å². The van der Waals surface area contributed by atoms with Crippen molar-refractivity contribution in [2.24, 2.45) is 0 Å². The Morgan fingerprint density at radius 1 is 1.05 bits per heavy atom. The number of hydrogen-bond acceptors (Lipinski definition) is 2. The van der Waals surface area contributed by atoms with Crippen LogP contribution in [0.4, 0.5) is 0 Å². The summed E-state index contributed by atoms with van der Waals surface area (Å²) in [6.07, 6.45) is 1.19. The van der Waals surface area contributed by atoms with Crippen LogP contribution >= 0.6 is 59.1 Å². The van der Waals surface area contributed by atoms with Gasteiger partial charge < -0.3 is 5.32 Å². The summed E-state index contributed by atoms with van der Waals surface area (Å²) >= 11 is 12.6. The lowest BCUT2D eigenvalue weighted by Crippen LogP contribution is -2.33. The Morgan fingerprint density at radius 3 is 2.45 bits per heavy atom. The van der Waals surface area contributed by atoms with Crippen LogP contribution in [0.2, 0.25) is 0 Å². The normalized spacial score (nSPS) is 22.9. The fourth-order valence-electron chi connectivity index (χ4n) is 2.81. The summed E-state index contributed by atoms with van der Waals surface area (Å²) in [5, 5.41) is 3.54. The summed E-state index contributed by atoms with van der Waals surface area (Å²) in [5.74, 6) is 1.15. The third-order valence-corrected chi connectivity index (χ3v) is 7.73. The smallest absolute Gasteiger partial charge is 0.0843 e. The van der Waals surface area contributed by atoms with Crippen LogP contribution in [-0.4, -0.2) is 13.1 Å². The van der Waals surface area contributed by atoms with Gasteiger partial charge in [0, 0.05) is 32.2 Å². The van der Waals surface area contributed by atoms with E-state index in [0.29, 0.717) is 11.8 Å². The van der Waals surface area contributed by atoms with Gasteiger partial charge in [-0.2, -0.15) is 0 Å². The van der Waals surface area contributed by atoms with E-state index in [2.05, 4.69) is 83.4 Å². The Hall–Kier alpha value is 0.320. The van der Waals surface area contributed by atoms with Gasteiger partial charge in [0.1, 0.15) is 0 Å². The molecule has 20 heavy (non-hydrogen) atoms. The maximum Gasteiger partial charge on any atom is 0.0843 e. The van der Waals surface area contributed by atoms with Crippen molar-refractivity contribution in [3.05, 3.63) is 53.5 Å². The van der Waals surface area contributed by atoms with Crippen molar-refractivity contribution in [2.45, 2.75) is 18.3 Å². The number of thiophene rings is 1. The van der Waals surface area contributed by atoms with E-state index in [1.54, 1.807) is 0 Å². The van der Waals surface area contributed by atoms with Crippen LogP contribution in [0.5, 0.6) is 0 Å². The number of piperidine rings is 1. The minimum atomic E-state index is 0.550. The topological polar surface area (TPSA) is 12.0 Å². The Balaban J connectivity index is 1.92. The van der Waals surface area contributed by atoms with Gasteiger partial charge in [-0.25, -0.2) is 0 Å². The van der Waals surface area contributed by atoms with E-state index in [4.69, 9.17) is 0 Å². The zero-order valence-corrected chi connectivity index (χ0v) is 16.3. The predicted octanol–water partition coefficient (Wildman–Crippen LogP) is 5.90. The van der Waals surface area contributed by atoms with Gasteiger partial charge in [0.25, 0.3) is 0 Å². The Kier molecular flexibility index (Phi) is 5.03. The van der Waals surface area contributed by atoms with E-state index >= 15 is 0 Å². The molecule has 2 heterocycles. The highest BCUT2D eigenvalue weighted by Crippen LogP contribution is 2.44. The molecule has 1 fully saturated rings. The fourth-order valence-corrected chi connectivity index (χ4v) is 5.36. The van der Waals surface area contributed by atoms with Crippen LogP contribution in [0, 0.1) is 0 Å². The highest BCUT2D eigenvalue weighted by Gasteiger charge is 2.29. The molecule has 1 aliphatic heterocycles. The largest absolute Gasteiger partial charge is 0.316 e. The monoisotopic (exact) mass is 477 g/mol. The molecule has 5 heteroatoms. The first-order valence-electron chi connectivity index (χ1n) is 6.56. The first kappa shape index (κ1) is 15.2. The van der Waals surface area contributed by atoms with Gasteiger partial charge >= 0.3 is 0 Å². The van der Waals surface area contributed by atoms with Crippen LogP contribution in [0.3, 0.4) is 0 Å². The first-order chi connectivity index (χ1) is 9.65. The summed E-state index contributed by atoms with van der Waals surface area (Å²) in [5.41, 5.74) is 1.42. The molecule has 2 unspecified atom stereocenters. The highest BCUT2D eigenvalue weighted by atomic mass is 79.9. The molecule has 0 aliphatic carbocycles. The molecule has 2 aromatic rings. The summed E-state index contributed by atoms with van der Waals surface area (Å²) in [6, 6.07) is 11.0. The third kappa shape index (κ3) is 3.22. The average Bonchev–Trinajstić information content (AvgIpc) is 2.79. The predicted molar refractivity (Wildman–Crippen MR) is 96.8 cm³/mol. The quantitative estimate of drug-likeness (QED) is 0.565. The van der Waals surface area contributed by atoms with Gasteiger partial charge in [-0.3, -0.25) is 0 Å². The molecule has 1 aromatic heterocycles. The molecule has 0 radical (unpaired) electrons. The summed E-state index contributed by atoms with van der Waals surface area (Å²) in [6.45, 7) is 2.16. The molecule has 3 rings (SSSR count). The van der Waals surface area contributed by atoms with Crippen molar-refractivity contribution in [3.63, 3.8) is 0 Å². The third-order valence-electron chi connectivity index (χ3n) is 3.81. The maximum absolute atomic E-state index is 3.62. The number of hydrogen-bond donors (Lipinski definition) is 1. The van der Waals surface area contributed by atoms with Crippen LogP contribution in [0.1, 0.15) is 28.7 Å². The molecule has 2 atom stereocenters. The molecular weight excluding hydrogens is 466 g/mol. The van der Waals surface area contributed by atoms with Gasteiger partial charge in [0.2, 0.25) is 0 Å². The van der Waals surface area contributed by atoms with Gasteiger partial charge in [0.15, 0.2) is 0 Å². The minimum Gasteiger partial charge on any atom is -0.316 e.